The van der Waals surface area contributed by atoms with Crippen LogP contribution in [0.2, 0.25) is 28.2 Å². The lowest BCUT2D eigenvalue weighted by Gasteiger charge is -2.39. The van der Waals surface area contributed by atoms with Gasteiger partial charge in [0.2, 0.25) is 0 Å². The molecule has 1 aliphatic heterocycles. The van der Waals surface area contributed by atoms with E-state index in [4.69, 9.17) is 27.6 Å². The summed E-state index contributed by atoms with van der Waals surface area (Å²) in [6.45, 7) is 14.3. The summed E-state index contributed by atoms with van der Waals surface area (Å²) in [6, 6.07) is 13.7. The molecule has 0 spiro atoms. The summed E-state index contributed by atoms with van der Waals surface area (Å²) in [4.78, 5) is 0. The van der Waals surface area contributed by atoms with Crippen LogP contribution < -0.4 is 5.43 Å². The summed E-state index contributed by atoms with van der Waals surface area (Å²) >= 11 is 14.8. The summed E-state index contributed by atoms with van der Waals surface area (Å²) in [6.07, 6.45) is 0.754. The van der Waals surface area contributed by atoms with Gasteiger partial charge in [-0.15, -0.1) is 22.0 Å². The number of thioether (sulfide) groups is 1. The molecule has 0 saturated carbocycles. The molecule has 3 aromatic rings. The van der Waals surface area contributed by atoms with E-state index < -0.39 is 8.32 Å². The van der Waals surface area contributed by atoms with Gasteiger partial charge in [0.25, 0.3) is 0 Å². The van der Waals surface area contributed by atoms with E-state index in [9.17, 15) is 0 Å². The number of halogens is 2. The van der Waals surface area contributed by atoms with Crippen LogP contribution in [-0.2, 0) is 10.8 Å². The number of hydrogen-bond acceptors (Lipinski definition) is 5. The lowest BCUT2D eigenvalue weighted by molar-refractivity contribution is 0.252. The highest BCUT2D eigenvalue weighted by Gasteiger charge is 2.40. The predicted octanol–water partition coefficient (Wildman–Crippen LogP) is 7.49. The van der Waals surface area contributed by atoms with Crippen molar-refractivity contribution in [2.45, 2.75) is 57.0 Å². The maximum atomic E-state index is 6.73. The zero-order valence-electron chi connectivity index (χ0n) is 20.6. The third kappa shape index (κ3) is 5.34. The first kappa shape index (κ1) is 25.6. The zero-order chi connectivity index (χ0) is 24.7. The third-order valence-electron chi connectivity index (χ3n) is 6.82. The highest BCUT2D eigenvalue weighted by atomic mass is 35.5. The maximum Gasteiger partial charge on any atom is 0.192 e. The Labute approximate surface area is 217 Å². The second kappa shape index (κ2) is 9.51. The van der Waals surface area contributed by atoms with Crippen molar-refractivity contribution in [2.24, 2.45) is 0 Å². The Morgan fingerprint density at radius 3 is 2.53 bits per heavy atom. The summed E-state index contributed by atoms with van der Waals surface area (Å²) in [5.41, 5.74) is 6.33. The standard InChI is InChI=1S/C25H32Cl2N4OSSi/c1-24(2,3)34(5,6)32-15-25(4)14-22-29-30-23(31(22)28-16-33-25)20-11-10-18(13-21(20)27)17-8-7-9-19(26)12-17/h7-13,28H,14-16H2,1-6H3. The summed E-state index contributed by atoms with van der Waals surface area (Å²) in [5.74, 6) is 2.33. The van der Waals surface area contributed by atoms with E-state index in [0.717, 1.165) is 34.8 Å². The molecule has 1 unspecified atom stereocenters. The molecule has 0 fully saturated rings. The summed E-state index contributed by atoms with van der Waals surface area (Å²) < 4.78 is 8.46. The van der Waals surface area contributed by atoms with Gasteiger partial charge >= 0.3 is 0 Å². The fourth-order valence-corrected chi connectivity index (χ4v) is 6.20. The first-order valence-electron chi connectivity index (χ1n) is 11.4. The van der Waals surface area contributed by atoms with E-state index >= 15 is 0 Å². The van der Waals surface area contributed by atoms with Crippen LogP contribution in [0.5, 0.6) is 0 Å². The Morgan fingerprint density at radius 1 is 1.12 bits per heavy atom. The van der Waals surface area contributed by atoms with Crippen molar-refractivity contribution in [3.05, 3.63) is 58.3 Å². The van der Waals surface area contributed by atoms with Gasteiger partial charge in [-0.1, -0.05) is 62.2 Å². The van der Waals surface area contributed by atoms with Gasteiger partial charge in [-0.2, -0.15) is 0 Å². The van der Waals surface area contributed by atoms with E-state index in [1.165, 1.54) is 0 Å². The molecule has 182 valence electrons. The molecule has 0 saturated heterocycles. The Balaban J connectivity index is 1.58. The second-order valence-electron chi connectivity index (χ2n) is 10.6. The third-order valence-corrected chi connectivity index (χ3v) is 13.1. The molecule has 0 amide bonds. The van der Waals surface area contributed by atoms with Gasteiger partial charge in [-0.05, 0) is 60.4 Å². The van der Waals surface area contributed by atoms with Crippen molar-refractivity contribution in [3.63, 3.8) is 0 Å². The largest absolute Gasteiger partial charge is 0.415 e. The van der Waals surface area contributed by atoms with Gasteiger partial charge < -0.3 is 9.85 Å². The number of rotatable bonds is 5. The van der Waals surface area contributed by atoms with Crippen molar-refractivity contribution >= 4 is 43.3 Å². The van der Waals surface area contributed by atoms with Crippen LogP contribution in [0, 0.1) is 0 Å². The van der Waals surface area contributed by atoms with Crippen molar-refractivity contribution in [1.29, 1.82) is 0 Å². The molecule has 1 atom stereocenters. The van der Waals surface area contributed by atoms with Crippen molar-refractivity contribution in [3.8, 4) is 22.5 Å². The molecule has 2 aromatic carbocycles. The average Bonchev–Trinajstić information content (AvgIpc) is 3.04. The number of benzene rings is 2. The minimum atomic E-state index is -1.84. The SMILES string of the molecule is CC1(CO[Si](C)(C)C(C)(C)C)Cc2nnc(-c3ccc(-c4cccc(Cl)c4)cc3Cl)n2NCS1. The van der Waals surface area contributed by atoms with Crippen LogP contribution in [0.25, 0.3) is 22.5 Å². The van der Waals surface area contributed by atoms with E-state index in [2.05, 4.69) is 56.4 Å². The average molecular weight is 536 g/mol. The van der Waals surface area contributed by atoms with Crippen molar-refractivity contribution < 1.29 is 4.43 Å². The van der Waals surface area contributed by atoms with Gasteiger partial charge in [0.15, 0.2) is 20.0 Å². The van der Waals surface area contributed by atoms with Crippen LogP contribution in [0.1, 0.15) is 33.5 Å². The van der Waals surface area contributed by atoms with Gasteiger partial charge in [-0.25, -0.2) is 4.68 Å². The highest BCUT2D eigenvalue weighted by molar-refractivity contribution is 8.00. The molecule has 1 N–H and O–H groups in total. The van der Waals surface area contributed by atoms with Gasteiger partial charge in [0.05, 0.1) is 10.9 Å². The Kier molecular flexibility index (Phi) is 7.15. The molecular weight excluding hydrogens is 503 g/mol. The van der Waals surface area contributed by atoms with Gasteiger partial charge in [-0.3, -0.25) is 0 Å². The number of fused-ring (bicyclic) bond motifs is 1. The molecule has 4 rings (SSSR count). The normalized spacial score (nSPS) is 18.8. The molecule has 9 heteroatoms. The Hall–Kier alpha value is -1.51. The van der Waals surface area contributed by atoms with Crippen LogP contribution in [0.3, 0.4) is 0 Å². The second-order valence-corrected chi connectivity index (χ2v) is 17.8. The minimum Gasteiger partial charge on any atom is -0.415 e. The van der Waals surface area contributed by atoms with E-state index in [0.29, 0.717) is 22.5 Å². The molecule has 1 aromatic heterocycles. The first-order chi connectivity index (χ1) is 15.9. The van der Waals surface area contributed by atoms with Gasteiger partial charge in [0.1, 0.15) is 0 Å². The summed E-state index contributed by atoms with van der Waals surface area (Å²) in [5, 5.41) is 10.5. The molecule has 2 heterocycles. The van der Waals surface area contributed by atoms with Crippen molar-refractivity contribution in [2.75, 3.05) is 17.9 Å². The molecule has 0 aliphatic carbocycles. The van der Waals surface area contributed by atoms with Crippen LogP contribution in [0.15, 0.2) is 42.5 Å². The fraction of sp³-hybridized carbons (Fsp3) is 0.440. The molecule has 0 radical (unpaired) electrons. The van der Waals surface area contributed by atoms with Crippen LogP contribution in [-0.4, -0.2) is 40.4 Å². The highest BCUT2D eigenvalue weighted by Crippen LogP contribution is 2.40. The number of nitrogens with one attached hydrogen (secondary N) is 1. The lowest BCUT2D eigenvalue weighted by Crippen LogP contribution is -2.45. The van der Waals surface area contributed by atoms with E-state index in [-0.39, 0.29) is 9.79 Å². The zero-order valence-corrected chi connectivity index (χ0v) is 23.9. The van der Waals surface area contributed by atoms with E-state index in [1.807, 2.05) is 58.9 Å². The molecule has 34 heavy (non-hydrogen) atoms. The molecular formula is C25H32Cl2N4OSSi. The van der Waals surface area contributed by atoms with Gasteiger partial charge in [0, 0.05) is 28.4 Å². The lowest BCUT2D eigenvalue weighted by atomic mass is 10.0. The number of hydrogen-bond donors (Lipinski definition) is 1. The maximum absolute atomic E-state index is 6.73. The molecule has 0 bridgehead atoms. The Morgan fingerprint density at radius 2 is 1.85 bits per heavy atom. The quantitative estimate of drug-likeness (QED) is 0.343. The smallest absolute Gasteiger partial charge is 0.192 e. The first-order valence-corrected chi connectivity index (χ1v) is 16.1. The molecule has 1 aliphatic rings. The van der Waals surface area contributed by atoms with Crippen molar-refractivity contribution in [1.82, 2.24) is 14.9 Å². The topological polar surface area (TPSA) is 52.0 Å². The molecule has 5 nitrogen and oxygen atoms in total. The van der Waals surface area contributed by atoms with Crippen LogP contribution >= 0.6 is 35.0 Å². The minimum absolute atomic E-state index is 0.0959. The van der Waals surface area contributed by atoms with Crippen LogP contribution in [0.4, 0.5) is 0 Å². The summed E-state index contributed by atoms with van der Waals surface area (Å²) in [7, 11) is -1.84. The predicted molar refractivity (Wildman–Crippen MR) is 148 cm³/mol. The van der Waals surface area contributed by atoms with E-state index in [1.54, 1.807) is 0 Å². The monoisotopic (exact) mass is 534 g/mol. The number of nitrogens with zero attached hydrogens (tertiary/aromatic N) is 3. The fourth-order valence-electron chi connectivity index (χ4n) is 3.61. The Bertz CT molecular complexity index is 1190. The number of aromatic nitrogens is 3.